The fourth-order valence-corrected chi connectivity index (χ4v) is 4.82. The second-order valence-corrected chi connectivity index (χ2v) is 9.82. The molecule has 1 atom stereocenters. The molecular weight excluding hydrogens is 525 g/mol. The first-order valence-corrected chi connectivity index (χ1v) is 12.8. The minimum Gasteiger partial charge on any atom is -0.464 e. The molecule has 39 heavy (non-hydrogen) atoms. The van der Waals surface area contributed by atoms with E-state index in [-0.39, 0.29) is 23.4 Å². The second-order valence-electron chi connectivity index (χ2n) is 9.42. The number of hydrogen-bond donors (Lipinski definition) is 0. The van der Waals surface area contributed by atoms with Crippen molar-refractivity contribution in [1.82, 2.24) is 44.8 Å². The van der Waals surface area contributed by atoms with Crippen molar-refractivity contribution >= 4 is 11.6 Å². The van der Waals surface area contributed by atoms with Gasteiger partial charge in [-0.25, -0.2) is 4.39 Å². The maximum atomic E-state index is 15.2. The summed E-state index contributed by atoms with van der Waals surface area (Å²) in [7, 11) is 3.43. The SMILES string of the molecule is COCOc1cnn(C)c1-c1cnn(C(CC2CC2)c2ccc(-c3c(-n4cnnn4)ccc(Cl)c3F)cn2)c1. The van der Waals surface area contributed by atoms with Crippen LogP contribution >= 0.6 is 11.6 Å². The van der Waals surface area contributed by atoms with E-state index in [0.717, 1.165) is 23.4 Å². The number of halogens is 2. The van der Waals surface area contributed by atoms with Crippen LogP contribution in [0.5, 0.6) is 5.75 Å². The topological polar surface area (TPSA) is 111 Å². The lowest BCUT2D eigenvalue weighted by Crippen LogP contribution is -2.14. The fourth-order valence-electron chi connectivity index (χ4n) is 4.67. The largest absolute Gasteiger partial charge is 0.464 e. The summed E-state index contributed by atoms with van der Waals surface area (Å²) in [5, 5.41) is 20.3. The lowest BCUT2D eigenvalue weighted by Gasteiger charge is -2.18. The van der Waals surface area contributed by atoms with Crippen LogP contribution < -0.4 is 4.74 Å². The third-order valence-electron chi connectivity index (χ3n) is 6.77. The van der Waals surface area contributed by atoms with E-state index < -0.39 is 5.82 Å². The molecule has 0 bridgehead atoms. The molecule has 0 saturated heterocycles. The predicted molar refractivity (Wildman–Crippen MR) is 140 cm³/mol. The quantitative estimate of drug-likeness (QED) is 0.234. The normalized spacial score (nSPS) is 14.1. The number of pyridine rings is 1. The maximum Gasteiger partial charge on any atom is 0.188 e. The minimum absolute atomic E-state index is 0.00518. The molecule has 0 radical (unpaired) electrons. The second kappa shape index (κ2) is 10.5. The Morgan fingerprint density at radius 2 is 1.97 bits per heavy atom. The standard InChI is InChI=1S/C26H25ClFN9O2/c1-35-26(23(12-31-35)39-15-38-2)18-11-32-36(13-18)22(9-16-3-4-16)20-7-5-17(10-29-20)24-21(37-14-30-33-34-37)8-6-19(27)25(24)28/h5-8,10-14,16,22H,3-4,9,15H2,1-2H3. The van der Waals surface area contributed by atoms with Crippen molar-refractivity contribution in [3.8, 4) is 33.8 Å². The van der Waals surface area contributed by atoms with Crippen LogP contribution in [0.2, 0.25) is 5.02 Å². The molecule has 4 aromatic heterocycles. The van der Waals surface area contributed by atoms with Crippen LogP contribution in [0.15, 0.2) is 55.4 Å². The summed E-state index contributed by atoms with van der Waals surface area (Å²) in [6.07, 6.45) is 11.8. The Bertz CT molecular complexity index is 1580. The van der Waals surface area contributed by atoms with Gasteiger partial charge in [0.2, 0.25) is 0 Å². The molecule has 1 saturated carbocycles. The molecular formula is C26H25ClFN9O2. The lowest BCUT2D eigenvalue weighted by atomic mass is 10.0. The van der Waals surface area contributed by atoms with E-state index in [1.165, 1.54) is 29.9 Å². The smallest absolute Gasteiger partial charge is 0.188 e. The average molecular weight is 550 g/mol. The van der Waals surface area contributed by atoms with Crippen LogP contribution in [0.1, 0.15) is 31.0 Å². The predicted octanol–water partition coefficient (Wildman–Crippen LogP) is 4.49. The summed E-state index contributed by atoms with van der Waals surface area (Å²) in [6, 6.07) is 6.81. The van der Waals surface area contributed by atoms with Crippen LogP contribution in [0, 0.1) is 11.7 Å². The van der Waals surface area contributed by atoms with E-state index in [9.17, 15) is 0 Å². The number of benzene rings is 1. The first-order chi connectivity index (χ1) is 19.0. The summed E-state index contributed by atoms with van der Waals surface area (Å²) < 4.78 is 31.1. The van der Waals surface area contributed by atoms with Gasteiger partial charge in [-0.05, 0) is 41.0 Å². The molecule has 13 heteroatoms. The van der Waals surface area contributed by atoms with Crippen LogP contribution in [0.3, 0.4) is 0 Å². The molecule has 0 amide bonds. The molecule has 6 rings (SSSR count). The Balaban J connectivity index is 1.34. The monoisotopic (exact) mass is 549 g/mol. The van der Waals surface area contributed by atoms with Crippen molar-refractivity contribution in [2.24, 2.45) is 13.0 Å². The number of methoxy groups -OCH3 is 1. The Morgan fingerprint density at radius 1 is 1.10 bits per heavy atom. The van der Waals surface area contributed by atoms with Gasteiger partial charge in [0.05, 0.1) is 34.8 Å². The van der Waals surface area contributed by atoms with Crippen LogP contribution in [-0.2, 0) is 11.8 Å². The van der Waals surface area contributed by atoms with Crippen molar-refractivity contribution in [3.63, 3.8) is 0 Å². The van der Waals surface area contributed by atoms with Crippen molar-refractivity contribution in [2.45, 2.75) is 25.3 Å². The molecule has 0 spiro atoms. The number of rotatable bonds is 10. The summed E-state index contributed by atoms with van der Waals surface area (Å²) in [4.78, 5) is 4.76. The van der Waals surface area contributed by atoms with Gasteiger partial charge in [0.1, 0.15) is 12.0 Å². The van der Waals surface area contributed by atoms with Gasteiger partial charge in [-0.3, -0.25) is 14.3 Å². The van der Waals surface area contributed by atoms with Gasteiger partial charge >= 0.3 is 0 Å². The van der Waals surface area contributed by atoms with Gasteiger partial charge in [0.25, 0.3) is 0 Å². The zero-order valence-corrected chi connectivity index (χ0v) is 22.0. The highest BCUT2D eigenvalue weighted by atomic mass is 35.5. The molecule has 11 nitrogen and oxygen atoms in total. The number of aryl methyl sites for hydroxylation is 1. The van der Waals surface area contributed by atoms with Crippen molar-refractivity contribution in [2.75, 3.05) is 13.9 Å². The number of nitrogens with zero attached hydrogens (tertiary/aromatic N) is 9. The van der Waals surface area contributed by atoms with Gasteiger partial charge in [-0.1, -0.05) is 30.5 Å². The highest BCUT2D eigenvalue weighted by molar-refractivity contribution is 6.31. The van der Waals surface area contributed by atoms with Gasteiger partial charge < -0.3 is 9.47 Å². The fraction of sp³-hybridized carbons (Fsp3) is 0.308. The Kier molecular flexibility index (Phi) is 6.79. The van der Waals surface area contributed by atoms with Crippen molar-refractivity contribution in [3.05, 3.63) is 71.9 Å². The molecule has 1 aliphatic rings. The zero-order valence-electron chi connectivity index (χ0n) is 21.3. The first-order valence-electron chi connectivity index (χ1n) is 12.4. The minimum atomic E-state index is -0.562. The van der Waals surface area contributed by atoms with E-state index in [1.807, 2.05) is 30.1 Å². The number of tetrazole rings is 1. The van der Waals surface area contributed by atoms with Crippen LogP contribution in [-0.4, -0.2) is 58.7 Å². The summed E-state index contributed by atoms with van der Waals surface area (Å²) in [6.45, 7) is 0.121. The summed E-state index contributed by atoms with van der Waals surface area (Å²) >= 11 is 6.13. The Morgan fingerprint density at radius 3 is 2.69 bits per heavy atom. The van der Waals surface area contributed by atoms with E-state index in [0.29, 0.717) is 22.9 Å². The van der Waals surface area contributed by atoms with Gasteiger partial charge in [-0.15, -0.1) is 5.10 Å². The molecule has 0 N–H and O–H groups in total. The highest BCUT2D eigenvalue weighted by Crippen LogP contribution is 2.40. The van der Waals surface area contributed by atoms with E-state index in [2.05, 4.69) is 20.6 Å². The van der Waals surface area contributed by atoms with Gasteiger partial charge in [0.15, 0.2) is 18.4 Å². The molecule has 200 valence electrons. The first kappa shape index (κ1) is 25.1. The average Bonchev–Trinajstić information content (AvgIpc) is 3.30. The summed E-state index contributed by atoms with van der Waals surface area (Å²) in [5.41, 5.74) is 3.79. The van der Waals surface area contributed by atoms with E-state index in [4.69, 9.17) is 31.2 Å². The van der Waals surface area contributed by atoms with Crippen molar-refractivity contribution < 1.29 is 13.9 Å². The Hall–Kier alpha value is -4.16. The Labute approximate surface area is 228 Å². The van der Waals surface area contributed by atoms with Gasteiger partial charge in [0, 0.05) is 43.2 Å². The number of ether oxygens (including phenoxy) is 2. The molecule has 1 aromatic carbocycles. The van der Waals surface area contributed by atoms with Crippen molar-refractivity contribution in [1.29, 1.82) is 0 Å². The number of aromatic nitrogens is 9. The third-order valence-corrected chi connectivity index (χ3v) is 7.06. The molecule has 0 aliphatic heterocycles. The highest BCUT2D eigenvalue weighted by Gasteiger charge is 2.29. The van der Waals surface area contributed by atoms with E-state index >= 15 is 4.39 Å². The number of hydrogen-bond acceptors (Lipinski definition) is 8. The maximum absolute atomic E-state index is 15.2. The molecule has 1 aliphatic carbocycles. The summed E-state index contributed by atoms with van der Waals surface area (Å²) in [5.74, 6) is 0.661. The molecule has 1 fully saturated rings. The molecule has 1 unspecified atom stereocenters. The van der Waals surface area contributed by atoms with Gasteiger partial charge in [-0.2, -0.15) is 14.9 Å². The molecule has 5 aromatic rings. The lowest BCUT2D eigenvalue weighted by molar-refractivity contribution is 0.0515. The zero-order chi connectivity index (χ0) is 26.9. The molecule has 4 heterocycles. The van der Waals surface area contributed by atoms with Crippen LogP contribution in [0.4, 0.5) is 4.39 Å². The van der Waals surface area contributed by atoms with Crippen LogP contribution in [0.25, 0.3) is 28.1 Å². The third kappa shape index (κ3) is 5.00. The van der Waals surface area contributed by atoms with E-state index in [1.54, 1.807) is 36.4 Å².